The lowest BCUT2D eigenvalue weighted by Crippen LogP contribution is -2.02. The zero-order valence-electron chi connectivity index (χ0n) is 9.43. The first-order valence-electron chi connectivity index (χ1n) is 5.35. The minimum atomic E-state index is -1.06. The van der Waals surface area contributed by atoms with Crippen LogP contribution in [0, 0.1) is 0 Å². The van der Waals surface area contributed by atoms with Gasteiger partial charge in [-0.25, -0.2) is 4.79 Å². The molecule has 18 heavy (non-hydrogen) atoms. The second-order valence-electron chi connectivity index (χ2n) is 3.94. The zero-order chi connectivity index (χ0) is 13.3. The molecule has 0 radical (unpaired) electrons. The summed E-state index contributed by atoms with van der Waals surface area (Å²) in [6.07, 6.45) is 0.108. The molecule has 6 heteroatoms. The molecule has 1 aromatic carbocycles. The first-order valence-corrected chi connectivity index (χ1v) is 5.35. The molecule has 0 spiro atoms. The van der Waals surface area contributed by atoms with Crippen LogP contribution in [0.2, 0.25) is 0 Å². The summed E-state index contributed by atoms with van der Waals surface area (Å²) in [6.45, 7) is 0. The first-order chi connectivity index (χ1) is 8.50. The first kappa shape index (κ1) is 12.0. The Bertz CT molecular complexity index is 630. The maximum atomic E-state index is 11.1. The lowest BCUT2D eigenvalue weighted by Gasteiger charge is -2.02. The molecule has 2 rings (SSSR count). The molecule has 0 fully saturated rings. The van der Waals surface area contributed by atoms with Gasteiger partial charge in [0.25, 0.3) is 0 Å². The molecule has 0 atom stereocenters. The Kier molecular flexibility index (Phi) is 2.93. The maximum Gasteiger partial charge on any atom is 0.336 e. The number of H-pyrrole nitrogens is 1. The van der Waals surface area contributed by atoms with Gasteiger partial charge >= 0.3 is 11.9 Å². The fraction of sp³-hybridized carbons (Fsp3) is 0.167. The average molecular weight is 248 g/mol. The Morgan fingerprint density at radius 1 is 1.28 bits per heavy atom. The van der Waals surface area contributed by atoms with Gasteiger partial charge in [0.2, 0.25) is 0 Å². The number of aromatic nitrogens is 1. The van der Waals surface area contributed by atoms with Gasteiger partial charge in [-0.05, 0) is 18.6 Å². The van der Waals surface area contributed by atoms with Crippen molar-refractivity contribution in [3.05, 3.63) is 29.3 Å². The van der Waals surface area contributed by atoms with E-state index in [1.165, 1.54) is 6.07 Å². The summed E-state index contributed by atoms with van der Waals surface area (Å²) in [6, 6.07) is 4.80. The van der Waals surface area contributed by atoms with E-state index < -0.39 is 11.9 Å². The summed E-state index contributed by atoms with van der Waals surface area (Å²) < 4.78 is 0. The number of benzene rings is 1. The Morgan fingerprint density at radius 2 is 2.00 bits per heavy atom. The Morgan fingerprint density at radius 3 is 2.61 bits per heavy atom. The molecular weight excluding hydrogens is 236 g/mol. The normalized spacial score (nSPS) is 10.7. The van der Waals surface area contributed by atoms with Crippen LogP contribution in [0.3, 0.4) is 0 Å². The summed E-state index contributed by atoms with van der Waals surface area (Å²) in [5.41, 5.74) is 7.04. The summed E-state index contributed by atoms with van der Waals surface area (Å²) >= 11 is 0. The number of aryl methyl sites for hydroxylation is 1. The van der Waals surface area contributed by atoms with Crippen LogP contribution in [0.1, 0.15) is 22.3 Å². The van der Waals surface area contributed by atoms with Gasteiger partial charge in [-0.15, -0.1) is 0 Å². The third kappa shape index (κ3) is 2.00. The maximum absolute atomic E-state index is 11.1. The van der Waals surface area contributed by atoms with Crippen molar-refractivity contribution in [1.29, 1.82) is 0 Å². The van der Waals surface area contributed by atoms with Crippen molar-refractivity contribution >= 4 is 28.7 Å². The van der Waals surface area contributed by atoms with Gasteiger partial charge in [-0.1, -0.05) is 6.07 Å². The van der Waals surface area contributed by atoms with Crippen molar-refractivity contribution in [3.63, 3.8) is 0 Å². The topological polar surface area (TPSA) is 116 Å². The van der Waals surface area contributed by atoms with Crippen molar-refractivity contribution < 1.29 is 19.8 Å². The quantitative estimate of drug-likeness (QED) is 0.653. The average Bonchev–Trinajstić information content (AvgIpc) is 2.61. The number of aromatic amines is 1. The molecular formula is C12H12N2O4. The fourth-order valence-electron chi connectivity index (χ4n) is 2.01. The molecule has 94 valence electrons. The van der Waals surface area contributed by atoms with Gasteiger partial charge < -0.3 is 20.9 Å². The monoisotopic (exact) mass is 248 g/mol. The molecule has 0 saturated carbocycles. The molecule has 0 bridgehead atoms. The predicted molar refractivity (Wildman–Crippen MR) is 65.6 cm³/mol. The summed E-state index contributed by atoms with van der Waals surface area (Å²) in [4.78, 5) is 24.6. The molecule has 2 aromatic rings. The van der Waals surface area contributed by atoms with E-state index in [1.807, 2.05) is 0 Å². The number of hydrogen-bond acceptors (Lipinski definition) is 3. The number of rotatable bonds is 4. The van der Waals surface area contributed by atoms with Crippen LogP contribution in [-0.2, 0) is 11.2 Å². The fourth-order valence-corrected chi connectivity index (χ4v) is 2.01. The number of aromatic carboxylic acids is 1. The number of nitrogen functional groups attached to an aromatic ring is 1. The van der Waals surface area contributed by atoms with Crippen molar-refractivity contribution in [1.82, 2.24) is 4.98 Å². The van der Waals surface area contributed by atoms with Gasteiger partial charge in [0.1, 0.15) is 5.82 Å². The second-order valence-corrected chi connectivity index (χ2v) is 3.94. The Balaban J connectivity index is 2.60. The molecule has 1 aromatic heterocycles. The van der Waals surface area contributed by atoms with Crippen molar-refractivity contribution in [2.24, 2.45) is 0 Å². The van der Waals surface area contributed by atoms with E-state index in [4.69, 9.17) is 15.9 Å². The van der Waals surface area contributed by atoms with Crippen LogP contribution in [0.25, 0.3) is 10.9 Å². The van der Waals surface area contributed by atoms with Crippen molar-refractivity contribution in [2.45, 2.75) is 12.8 Å². The van der Waals surface area contributed by atoms with Crippen LogP contribution in [0.15, 0.2) is 18.2 Å². The van der Waals surface area contributed by atoms with E-state index in [-0.39, 0.29) is 18.4 Å². The number of fused-ring (bicyclic) bond motifs is 1. The molecule has 0 aliphatic heterocycles. The lowest BCUT2D eigenvalue weighted by atomic mass is 10.0. The SMILES string of the molecule is Nc1[nH]c2cccc(C(=O)O)c2c1CCC(=O)O. The molecule has 6 nitrogen and oxygen atoms in total. The van der Waals surface area contributed by atoms with Gasteiger partial charge in [0.15, 0.2) is 0 Å². The second kappa shape index (κ2) is 4.40. The number of carbonyl (C=O) groups is 2. The molecule has 0 unspecified atom stereocenters. The number of aliphatic carboxylic acids is 1. The summed E-state index contributed by atoms with van der Waals surface area (Å²) in [5, 5.41) is 18.3. The summed E-state index contributed by atoms with van der Waals surface area (Å²) in [7, 11) is 0. The van der Waals surface area contributed by atoms with Gasteiger partial charge in [0.05, 0.1) is 5.56 Å². The van der Waals surface area contributed by atoms with E-state index in [0.717, 1.165) is 0 Å². The third-order valence-corrected chi connectivity index (χ3v) is 2.78. The molecule has 0 aliphatic rings. The molecule has 0 aliphatic carbocycles. The van der Waals surface area contributed by atoms with Crippen molar-refractivity contribution in [3.8, 4) is 0 Å². The molecule has 5 N–H and O–H groups in total. The largest absolute Gasteiger partial charge is 0.481 e. The molecule has 1 heterocycles. The Labute approximate surface area is 102 Å². The number of nitrogens with one attached hydrogen (secondary N) is 1. The molecule has 0 saturated heterocycles. The standard InChI is InChI=1S/C12H12N2O4/c13-11-6(4-5-9(15)16)10-7(12(17)18)2-1-3-8(10)14-11/h1-3,14H,4-5,13H2,(H,15,16)(H,17,18). The predicted octanol–water partition coefficient (Wildman–Crippen LogP) is 1.47. The van der Waals surface area contributed by atoms with Gasteiger partial charge in [0, 0.05) is 22.9 Å². The van der Waals surface area contributed by atoms with Crippen LogP contribution < -0.4 is 5.73 Å². The van der Waals surface area contributed by atoms with Crippen LogP contribution in [0.4, 0.5) is 5.82 Å². The minimum absolute atomic E-state index is 0.0922. The van der Waals surface area contributed by atoms with E-state index in [9.17, 15) is 9.59 Å². The molecule has 0 amide bonds. The van der Waals surface area contributed by atoms with Crippen LogP contribution in [-0.4, -0.2) is 27.1 Å². The van der Waals surface area contributed by atoms with E-state index in [2.05, 4.69) is 4.98 Å². The highest BCUT2D eigenvalue weighted by Gasteiger charge is 2.17. The smallest absolute Gasteiger partial charge is 0.336 e. The van der Waals surface area contributed by atoms with Crippen molar-refractivity contribution in [2.75, 3.05) is 5.73 Å². The highest BCUT2D eigenvalue weighted by molar-refractivity contribution is 6.06. The van der Waals surface area contributed by atoms with Gasteiger partial charge in [-0.2, -0.15) is 0 Å². The number of anilines is 1. The van der Waals surface area contributed by atoms with Crippen LogP contribution >= 0.6 is 0 Å². The van der Waals surface area contributed by atoms with E-state index in [0.29, 0.717) is 22.3 Å². The number of carboxylic acids is 2. The minimum Gasteiger partial charge on any atom is -0.481 e. The van der Waals surface area contributed by atoms with Crippen LogP contribution in [0.5, 0.6) is 0 Å². The number of carboxylic acid groups (broad SMARTS) is 2. The van der Waals surface area contributed by atoms with E-state index in [1.54, 1.807) is 12.1 Å². The highest BCUT2D eigenvalue weighted by atomic mass is 16.4. The summed E-state index contributed by atoms with van der Waals surface area (Å²) in [5.74, 6) is -1.69. The Hall–Kier alpha value is -2.50. The van der Waals surface area contributed by atoms with Gasteiger partial charge in [-0.3, -0.25) is 4.79 Å². The highest BCUT2D eigenvalue weighted by Crippen LogP contribution is 2.28. The number of nitrogens with two attached hydrogens (primary N) is 1. The lowest BCUT2D eigenvalue weighted by molar-refractivity contribution is -0.136. The zero-order valence-corrected chi connectivity index (χ0v) is 9.43. The van der Waals surface area contributed by atoms with E-state index >= 15 is 0 Å². The number of hydrogen-bond donors (Lipinski definition) is 4. The third-order valence-electron chi connectivity index (χ3n) is 2.78.